The minimum atomic E-state index is -0.301. The normalized spacial score (nSPS) is 10.3. The van der Waals surface area contributed by atoms with E-state index in [9.17, 15) is 4.39 Å². The average molecular weight is 288 g/mol. The molecule has 1 heterocycles. The van der Waals surface area contributed by atoms with Crippen LogP contribution < -0.4 is 4.74 Å². The number of rotatable bonds is 2. The maximum atomic E-state index is 12.8. The lowest BCUT2D eigenvalue weighted by molar-refractivity contribution is 0.473. The predicted octanol–water partition coefficient (Wildman–Crippen LogP) is 4.15. The largest absolute Gasteiger partial charge is 0.430 e. The third-order valence-electron chi connectivity index (χ3n) is 1.69. The van der Waals surface area contributed by atoms with Crippen molar-refractivity contribution in [1.29, 1.82) is 0 Å². The molecular formula is C10H7BrFNOS. The molecule has 0 N–H and O–H groups in total. The van der Waals surface area contributed by atoms with Gasteiger partial charge in [-0.15, -0.1) is 0 Å². The van der Waals surface area contributed by atoms with Gasteiger partial charge in [-0.1, -0.05) is 11.3 Å². The Hall–Kier alpha value is -0.940. The number of nitrogens with zero attached hydrogens (tertiary/aromatic N) is 1. The molecule has 0 saturated heterocycles. The molecule has 0 amide bonds. The molecule has 78 valence electrons. The van der Waals surface area contributed by atoms with E-state index in [2.05, 4.69) is 20.9 Å². The number of ether oxygens (including phenoxy) is 1. The number of hydrogen-bond donors (Lipinski definition) is 0. The summed E-state index contributed by atoms with van der Waals surface area (Å²) in [6.07, 6.45) is 0. The van der Waals surface area contributed by atoms with Crippen molar-refractivity contribution >= 4 is 27.3 Å². The van der Waals surface area contributed by atoms with Crippen molar-refractivity contribution in [1.82, 2.24) is 4.98 Å². The zero-order valence-electron chi connectivity index (χ0n) is 7.83. The molecule has 2 rings (SSSR count). The summed E-state index contributed by atoms with van der Waals surface area (Å²) in [5, 5.41) is 2.45. The predicted molar refractivity (Wildman–Crippen MR) is 61.0 cm³/mol. The van der Waals surface area contributed by atoms with E-state index in [-0.39, 0.29) is 5.82 Å². The SMILES string of the molecule is Cc1csc(Oc2ccc(F)cc2Br)n1. The van der Waals surface area contributed by atoms with Crippen LogP contribution in [-0.4, -0.2) is 4.98 Å². The zero-order chi connectivity index (χ0) is 10.8. The van der Waals surface area contributed by atoms with E-state index in [1.165, 1.54) is 23.5 Å². The van der Waals surface area contributed by atoms with E-state index in [4.69, 9.17) is 4.74 Å². The summed E-state index contributed by atoms with van der Waals surface area (Å²) in [7, 11) is 0. The van der Waals surface area contributed by atoms with Gasteiger partial charge in [0.05, 0.1) is 10.2 Å². The van der Waals surface area contributed by atoms with Crippen LogP contribution in [0.4, 0.5) is 4.39 Å². The number of aryl methyl sites for hydroxylation is 1. The first-order valence-corrected chi connectivity index (χ1v) is 5.87. The molecule has 15 heavy (non-hydrogen) atoms. The standard InChI is InChI=1S/C10H7BrFNOS/c1-6-5-15-10(13-6)14-9-3-2-7(12)4-8(9)11/h2-5H,1H3. The van der Waals surface area contributed by atoms with Gasteiger partial charge in [-0.05, 0) is 41.1 Å². The lowest BCUT2D eigenvalue weighted by Gasteiger charge is -2.03. The summed E-state index contributed by atoms with van der Waals surface area (Å²) in [4.78, 5) is 4.15. The van der Waals surface area contributed by atoms with E-state index in [1.807, 2.05) is 12.3 Å². The summed E-state index contributed by atoms with van der Waals surface area (Å²) in [5.41, 5.74) is 0.910. The van der Waals surface area contributed by atoms with E-state index in [0.29, 0.717) is 15.4 Å². The van der Waals surface area contributed by atoms with Gasteiger partial charge in [0, 0.05) is 5.38 Å². The van der Waals surface area contributed by atoms with Gasteiger partial charge in [-0.2, -0.15) is 0 Å². The van der Waals surface area contributed by atoms with Crippen LogP contribution in [0.5, 0.6) is 10.9 Å². The van der Waals surface area contributed by atoms with E-state index in [0.717, 1.165) is 5.69 Å². The Bertz CT molecular complexity index is 486. The second-order valence-electron chi connectivity index (χ2n) is 2.93. The van der Waals surface area contributed by atoms with Gasteiger partial charge < -0.3 is 4.74 Å². The van der Waals surface area contributed by atoms with Crippen LogP contribution in [0.25, 0.3) is 0 Å². The third-order valence-corrected chi connectivity index (χ3v) is 3.14. The van der Waals surface area contributed by atoms with E-state index in [1.54, 1.807) is 6.07 Å². The van der Waals surface area contributed by atoms with Crippen molar-refractivity contribution in [3.8, 4) is 10.9 Å². The van der Waals surface area contributed by atoms with Gasteiger partial charge in [0.15, 0.2) is 0 Å². The second kappa shape index (κ2) is 4.28. The summed E-state index contributed by atoms with van der Waals surface area (Å²) >= 11 is 4.63. The Morgan fingerprint density at radius 3 is 2.87 bits per heavy atom. The lowest BCUT2D eigenvalue weighted by Crippen LogP contribution is -1.85. The molecule has 0 aliphatic carbocycles. The van der Waals surface area contributed by atoms with E-state index < -0.39 is 0 Å². The van der Waals surface area contributed by atoms with Crippen molar-refractivity contribution < 1.29 is 9.13 Å². The molecule has 0 aliphatic rings. The number of benzene rings is 1. The van der Waals surface area contributed by atoms with Crippen LogP contribution in [0.3, 0.4) is 0 Å². The van der Waals surface area contributed by atoms with Crippen molar-refractivity contribution in [2.75, 3.05) is 0 Å². The maximum Gasteiger partial charge on any atom is 0.278 e. The Morgan fingerprint density at radius 2 is 2.27 bits per heavy atom. The maximum absolute atomic E-state index is 12.8. The topological polar surface area (TPSA) is 22.1 Å². The number of aromatic nitrogens is 1. The average Bonchev–Trinajstić information content (AvgIpc) is 2.56. The fraction of sp³-hybridized carbons (Fsp3) is 0.100. The smallest absolute Gasteiger partial charge is 0.278 e. The molecule has 0 radical (unpaired) electrons. The summed E-state index contributed by atoms with van der Waals surface area (Å²) in [6, 6.07) is 4.27. The zero-order valence-corrected chi connectivity index (χ0v) is 10.2. The van der Waals surface area contributed by atoms with Crippen LogP contribution in [-0.2, 0) is 0 Å². The van der Waals surface area contributed by atoms with E-state index >= 15 is 0 Å². The Labute approximate surface area is 98.9 Å². The van der Waals surface area contributed by atoms with Crippen LogP contribution in [0.15, 0.2) is 28.1 Å². The fourth-order valence-corrected chi connectivity index (χ4v) is 2.12. The minimum Gasteiger partial charge on any atom is -0.430 e. The molecule has 2 aromatic rings. The van der Waals surface area contributed by atoms with Gasteiger partial charge >= 0.3 is 0 Å². The first-order valence-electron chi connectivity index (χ1n) is 4.20. The molecule has 0 spiro atoms. The summed E-state index contributed by atoms with van der Waals surface area (Å²) < 4.78 is 18.8. The monoisotopic (exact) mass is 287 g/mol. The molecular weight excluding hydrogens is 281 g/mol. The molecule has 0 aliphatic heterocycles. The molecule has 0 bridgehead atoms. The number of hydrogen-bond acceptors (Lipinski definition) is 3. The first kappa shape index (κ1) is 10.6. The Morgan fingerprint density at radius 1 is 1.47 bits per heavy atom. The minimum absolute atomic E-state index is 0.301. The quantitative estimate of drug-likeness (QED) is 0.828. The lowest BCUT2D eigenvalue weighted by atomic mass is 10.3. The molecule has 0 saturated carbocycles. The Kier molecular flexibility index (Phi) is 3.02. The highest BCUT2D eigenvalue weighted by Gasteiger charge is 2.06. The Balaban J connectivity index is 2.24. The number of thiazole rings is 1. The highest BCUT2D eigenvalue weighted by Crippen LogP contribution is 2.31. The summed E-state index contributed by atoms with van der Waals surface area (Å²) in [5.74, 6) is 0.260. The van der Waals surface area contributed by atoms with Crippen molar-refractivity contribution in [2.45, 2.75) is 6.92 Å². The first-order chi connectivity index (χ1) is 7.15. The highest BCUT2D eigenvalue weighted by atomic mass is 79.9. The van der Waals surface area contributed by atoms with Crippen LogP contribution in [0.1, 0.15) is 5.69 Å². The van der Waals surface area contributed by atoms with Gasteiger partial charge in [0.1, 0.15) is 11.6 Å². The summed E-state index contributed by atoms with van der Waals surface area (Å²) in [6.45, 7) is 1.89. The third kappa shape index (κ3) is 2.54. The fourth-order valence-electron chi connectivity index (χ4n) is 1.03. The van der Waals surface area contributed by atoms with Gasteiger partial charge in [0.2, 0.25) is 0 Å². The highest BCUT2D eigenvalue weighted by molar-refractivity contribution is 9.10. The van der Waals surface area contributed by atoms with Crippen LogP contribution >= 0.6 is 27.3 Å². The molecule has 1 aromatic carbocycles. The molecule has 2 nitrogen and oxygen atoms in total. The van der Waals surface area contributed by atoms with Crippen molar-refractivity contribution in [3.05, 3.63) is 39.6 Å². The molecule has 0 fully saturated rings. The molecule has 5 heteroatoms. The van der Waals surface area contributed by atoms with Gasteiger partial charge in [0.25, 0.3) is 5.19 Å². The van der Waals surface area contributed by atoms with Crippen LogP contribution in [0.2, 0.25) is 0 Å². The molecule has 0 unspecified atom stereocenters. The second-order valence-corrected chi connectivity index (χ2v) is 4.61. The molecule has 0 atom stereocenters. The van der Waals surface area contributed by atoms with Gasteiger partial charge in [-0.3, -0.25) is 0 Å². The van der Waals surface area contributed by atoms with Crippen LogP contribution in [0, 0.1) is 12.7 Å². The van der Waals surface area contributed by atoms with Crippen molar-refractivity contribution in [3.63, 3.8) is 0 Å². The number of halogens is 2. The molecule has 1 aromatic heterocycles. The van der Waals surface area contributed by atoms with Crippen molar-refractivity contribution in [2.24, 2.45) is 0 Å². The van der Waals surface area contributed by atoms with Gasteiger partial charge in [-0.25, -0.2) is 9.37 Å².